The smallest absolute Gasteiger partial charge is 0.380 e. The number of aliphatic hydroxyl groups is 1. The van der Waals surface area contributed by atoms with E-state index in [1.807, 2.05) is 32.6 Å². The molecule has 2 nitrogen and oxygen atoms in total. The van der Waals surface area contributed by atoms with Crippen LogP contribution in [0.1, 0.15) is 43.4 Å². The molecule has 0 bridgehead atoms. The maximum absolute atomic E-state index is 12.4. The quantitative estimate of drug-likeness (QED) is 0.766. The van der Waals surface area contributed by atoms with Gasteiger partial charge in [-0.3, -0.25) is 0 Å². The molecule has 1 aliphatic heterocycles. The summed E-state index contributed by atoms with van der Waals surface area (Å²) in [6, 6.07) is 0.243. The van der Waals surface area contributed by atoms with E-state index in [9.17, 15) is 18.3 Å². The van der Waals surface area contributed by atoms with E-state index in [1.54, 1.807) is 0 Å². The number of nitrogens with zero attached hydrogens (tertiary/aromatic N) is 1. The van der Waals surface area contributed by atoms with E-state index in [0.717, 1.165) is 0 Å². The minimum absolute atomic E-state index is 0. The molecule has 1 saturated heterocycles. The molecule has 1 aliphatic rings. The number of likely N-dealkylation sites (tertiary alicyclic amines) is 1. The van der Waals surface area contributed by atoms with Gasteiger partial charge in [0.05, 0.1) is 0 Å². The number of piperidine rings is 1. The van der Waals surface area contributed by atoms with Crippen molar-refractivity contribution in [2.24, 2.45) is 0 Å². The number of hydrogen-bond donors (Lipinski definition) is 1. The van der Waals surface area contributed by atoms with Gasteiger partial charge in [-0.1, -0.05) is 13.8 Å². The first-order valence-electron chi connectivity index (χ1n) is 5.79. The molecule has 0 atom stereocenters. The third kappa shape index (κ3) is 3.63. The second kappa shape index (κ2) is 5.87. The Morgan fingerprint density at radius 2 is 1.56 bits per heavy atom. The van der Waals surface area contributed by atoms with E-state index in [0.29, 0.717) is 13.1 Å². The Hall–Kier alpha value is -0.290. The standard InChI is InChI=1S/C9H16F3NO.C2H6.2H2/c1-7(2)13-5-3-8(14,4-6-13)9(10,11)12;1-2;;/h7,14H,3-6H2,1-2H3;1-2H3;2*1H. The highest BCUT2D eigenvalue weighted by Crippen LogP contribution is 2.38. The molecule has 0 aromatic heterocycles. The third-order valence-electron chi connectivity index (χ3n) is 2.88. The zero-order chi connectivity index (χ0) is 13.0. The fourth-order valence-corrected chi connectivity index (χ4v) is 1.69. The van der Waals surface area contributed by atoms with E-state index in [-0.39, 0.29) is 21.7 Å². The Morgan fingerprint density at radius 1 is 1.19 bits per heavy atom. The summed E-state index contributed by atoms with van der Waals surface area (Å²) in [5, 5.41) is 9.36. The lowest BCUT2D eigenvalue weighted by Crippen LogP contribution is -2.54. The molecule has 1 heterocycles. The fourth-order valence-electron chi connectivity index (χ4n) is 1.69. The Bertz CT molecular complexity index is 205. The largest absolute Gasteiger partial charge is 0.417 e. The van der Waals surface area contributed by atoms with E-state index >= 15 is 0 Å². The van der Waals surface area contributed by atoms with Crippen LogP contribution in [0, 0.1) is 0 Å². The Balaban J connectivity index is -0.000000534. The summed E-state index contributed by atoms with van der Waals surface area (Å²) in [7, 11) is 0. The first-order chi connectivity index (χ1) is 7.26. The summed E-state index contributed by atoms with van der Waals surface area (Å²) >= 11 is 0. The summed E-state index contributed by atoms with van der Waals surface area (Å²) in [4.78, 5) is 1.94. The molecule has 0 radical (unpaired) electrons. The number of hydrogen-bond acceptors (Lipinski definition) is 2. The maximum Gasteiger partial charge on any atom is 0.417 e. The highest BCUT2D eigenvalue weighted by molar-refractivity contribution is 4.92. The van der Waals surface area contributed by atoms with Crippen molar-refractivity contribution in [3.8, 4) is 0 Å². The predicted molar refractivity (Wildman–Crippen MR) is 62.5 cm³/mol. The molecule has 16 heavy (non-hydrogen) atoms. The van der Waals surface area contributed by atoms with Crippen molar-refractivity contribution < 1.29 is 21.1 Å². The van der Waals surface area contributed by atoms with Gasteiger partial charge in [0.15, 0.2) is 5.60 Å². The maximum atomic E-state index is 12.4. The summed E-state index contributed by atoms with van der Waals surface area (Å²) in [6.45, 7) is 8.51. The highest BCUT2D eigenvalue weighted by atomic mass is 19.4. The van der Waals surface area contributed by atoms with Crippen LogP contribution in [-0.4, -0.2) is 40.9 Å². The monoisotopic (exact) mass is 245 g/mol. The van der Waals surface area contributed by atoms with Crippen molar-refractivity contribution in [1.29, 1.82) is 0 Å². The SMILES string of the molecule is CC.CC(C)N1CCC(O)(C(F)(F)F)CC1.[HH].[HH]. The minimum Gasteiger partial charge on any atom is -0.380 e. The van der Waals surface area contributed by atoms with Gasteiger partial charge in [0.1, 0.15) is 0 Å². The molecule has 0 spiro atoms. The lowest BCUT2D eigenvalue weighted by Gasteiger charge is -2.40. The first kappa shape index (κ1) is 15.7. The van der Waals surface area contributed by atoms with E-state index in [4.69, 9.17) is 0 Å². The lowest BCUT2D eigenvalue weighted by molar-refractivity contribution is -0.273. The molecule has 1 rings (SSSR count). The molecule has 0 amide bonds. The second-order valence-corrected chi connectivity index (χ2v) is 4.16. The van der Waals surface area contributed by atoms with Crippen LogP contribution in [0.5, 0.6) is 0 Å². The highest BCUT2D eigenvalue weighted by Gasteiger charge is 2.54. The Morgan fingerprint density at radius 3 is 1.81 bits per heavy atom. The van der Waals surface area contributed by atoms with Crippen LogP contribution in [0.2, 0.25) is 0 Å². The average Bonchev–Trinajstić information content (AvgIpc) is 2.20. The normalized spacial score (nSPS) is 21.6. The van der Waals surface area contributed by atoms with Gasteiger partial charge in [-0.05, 0) is 26.7 Å². The minimum atomic E-state index is -4.49. The van der Waals surface area contributed by atoms with E-state index in [1.165, 1.54) is 0 Å². The van der Waals surface area contributed by atoms with Gasteiger partial charge in [-0.25, -0.2) is 0 Å². The van der Waals surface area contributed by atoms with Gasteiger partial charge < -0.3 is 10.0 Å². The van der Waals surface area contributed by atoms with Crippen LogP contribution in [0.15, 0.2) is 0 Å². The summed E-state index contributed by atoms with van der Waals surface area (Å²) < 4.78 is 37.2. The van der Waals surface area contributed by atoms with E-state index in [2.05, 4.69) is 0 Å². The average molecular weight is 245 g/mol. The molecule has 0 saturated carbocycles. The molecule has 1 N–H and O–H groups in total. The molecular formula is C11H26F3NO. The molecule has 0 aliphatic carbocycles. The molecule has 0 aromatic rings. The first-order valence-corrected chi connectivity index (χ1v) is 5.79. The molecule has 102 valence electrons. The molecule has 0 aromatic carbocycles. The zero-order valence-corrected chi connectivity index (χ0v) is 10.4. The van der Waals surface area contributed by atoms with Crippen LogP contribution >= 0.6 is 0 Å². The van der Waals surface area contributed by atoms with Crippen LogP contribution in [0.25, 0.3) is 0 Å². The number of rotatable bonds is 1. The second-order valence-electron chi connectivity index (χ2n) is 4.16. The van der Waals surface area contributed by atoms with Crippen molar-refractivity contribution >= 4 is 0 Å². The van der Waals surface area contributed by atoms with Crippen molar-refractivity contribution in [2.75, 3.05) is 13.1 Å². The van der Waals surface area contributed by atoms with Crippen molar-refractivity contribution in [2.45, 2.75) is 58.4 Å². The topological polar surface area (TPSA) is 23.5 Å². The van der Waals surface area contributed by atoms with Crippen LogP contribution in [0.3, 0.4) is 0 Å². The van der Waals surface area contributed by atoms with Crippen LogP contribution in [0.4, 0.5) is 13.2 Å². The van der Waals surface area contributed by atoms with Gasteiger partial charge in [0.2, 0.25) is 0 Å². The van der Waals surface area contributed by atoms with Crippen LogP contribution in [-0.2, 0) is 0 Å². The number of halogens is 3. The summed E-state index contributed by atoms with van der Waals surface area (Å²) in [6.07, 6.45) is -4.92. The molecular weight excluding hydrogens is 219 g/mol. The van der Waals surface area contributed by atoms with Crippen molar-refractivity contribution in [3.05, 3.63) is 0 Å². The van der Waals surface area contributed by atoms with Gasteiger partial charge in [-0.2, -0.15) is 13.2 Å². The summed E-state index contributed by atoms with van der Waals surface area (Å²) in [5.74, 6) is 0. The van der Waals surface area contributed by atoms with Crippen LogP contribution < -0.4 is 0 Å². The third-order valence-corrected chi connectivity index (χ3v) is 2.88. The molecule has 1 fully saturated rings. The Labute approximate surface area is 98.4 Å². The van der Waals surface area contributed by atoms with Gasteiger partial charge >= 0.3 is 6.18 Å². The van der Waals surface area contributed by atoms with Crippen molar-refractivity contribution in [1.82, 2.24) is 4.90 Å². The summed E-state index contributed by atoms with van der Waals surface area (Å²) in [5.41, 5.74) is -2.46. The molecule has 5 heteroatoms. The van der Waals surface area contributed by atoms with Crippen molar-refractivity contribution in [3.63, 3.8) is 0 Å². The lowest BCUT2D eigenvalue weighted by atomic mass is 9.90. The molecule has 0 unspecified atom stereocenters. The van der Waals surface area contributed by atoms with E-state index < -0.39 is 11.8 Å². The van der Waals surface area contributed by atoms with Gasteiger partial charge in [0, 0.05) is 22.0 Å². The fraction of sp³-hybridized carbons (Fsp3) is 1.00. The van der Waals surface area contributed by atoms with Gasteiger partial charge in [-0.15, -0.1) is 0 Å². The predicted octanol–water partition coefficient (Wildman–Crippen LogP) is 3.30. The zero-order valence-electron chi connectivity index (χ0n) is 10.4. The Kier molecular flexibility index (Phi) is 5.76. The van der Waals surface area contributed by atoms with Gasteiger partial charge in [0.25, 0.3) is 0 Å². The number of alkyl halides is 3.